The maximum absolute atomic E-state index is 12.5. The quantitative estimate of drug-likeness (QED) is 0.666. The van der Waals surface area contributed by atoms with E-state index in [1.165, 1.54) is 0 Å². The number of rotatable bonds is 4. The van der Waals surface area contributed by atoms with Crippen molar-refractivity contribution in [2.24, 2.45) is 10.7 Å². The van der Waals surface area contributed by atoms with Crippen LogP contribution in [0.3, 0.4) is 0 Å². The van der Waals surface area contributed by atoms with Gasteiger partial charge in [-0.25, -0.2) is 4.99 Å². The second-order valence-corrected chi connectivity index (χ2v) is 7.39. The van der Waals surface area contributed by atoms with Crippen molar-refractivity contribution in [3.05, 3.63) is 59.2 Å². The topological polar surface area (TPSA) is 81.2 Å². The third-order valence-electron chi connectivity index (χ3n) is 4.26. The fourth-order valence-electron chi connectivity index (χ4n) is 2.80. The van der Waals surface area contributed by atoms with E-state index in [2.05, 4.69) is 26.8 Å². The molecule has 1 aliphatic rings. The lowest BCUT2D eigenvalue weighted by Gasteiger charge is -2.28. The maximum atomic E-state index is 12.5. The highest BCUT2D eigenvalue weighted by atomic mass is 32.2. The molecule has 2 aromatic heterocycles. The largest absolute Gasteiger partial charge is 0.379 e. The summed E-state index contributed by atoms with van der Waals surface area (Å²) in [5.74, 6) is 6.61. The standard InChI is InChI=1S/C20H20N4OS/c1-3-4-14-5-6-16(23-13-14)17(25)11-15-7-9-22-18(12-15)20(2)8-10-26-19(21)24-20/h5-7,9,12-13H,8,10-11H2,1-2H3,(H2,21,24)/t20-/m0/s1. The normalized spacial score (nSPS) is 19.2. The molecule has 0 fully saturated rings. The molecule has 0 bridgehead atoms. The summed E-state index contributed by atoms with van der Waals surface area (Å²) in [5, 5.41) is 0.585. The first kappa shape index (κ1) is 18.2. The lowest BCUT2D eigenvalue weighted by molar-refractivity contribution is 0.0988. The Morgan fingerprint density at radius 3 is 2.88 bits per heavy atom. The average molecular weight is 364 g/mol. The van der Waals surface area contributed by atoms with Crippen LogP contribution >= 0.6 is 11.8 Å². The van der Waals surface area contributed by atoms with Crippen molar-refractivity contribution < 1.29 is 4.79 Å². The summed E-state index contributed by atoms with van der Waals surface area (Å²) in [5.41, 5.74) is 8.43. The zero-order valence-electron chi connectivity index (χ0n) is 14.8. The van der Waals surface area contributed by atoms with E-state index in [4.69, 9.17) is 5.73 Å². The smallest absolute Gasteiger partial charge is 0.185 e. The number of carbonyl (C=O) groups is 1. The second kappa shape index (κ2) is 7.71. The minimum atomic E-state index is -0.437. The van der Waals surface area contributed by atoms with Crippen LogP contribution in [0.2, 0.25) is 0 Å². The summed E-state index contributed by atoms with van der Waals surface area (Å²) in [6.45, 7) is 3.80. The Bertz CT molecular complexity index is 911. The van der Waals surface area contributed by atoms with E-state index in [1.807, 2.05) is 25.1 Å². The molecule has 0 amide bonds. The summed E-state index contributed by atoms with van der Waals surface area (Å²) in [6.07, 6.45) is 4.49. The van der Waals surface area contributed by atoms with Crippen LogP contribution in [0, 0.1) is 11.8 Å². The molecule has 0 saturated carbocycles. The molecule has 6 heteroatoms. The van der Waals surface area contributed by atoms with E-state index >= 15 is 0 Å². The molecule has 0 aromatic carbocycles. The van der Waals surface area contributed by atoms with Crippen molar-refractivity contribution in [3.8, 4) is 11.8 Å². The summed E-state index contributed by atoms with van der Waals surface area (Å²) < 4.78 is 0. The molecule has 2 aromatic rings. The molecule has 1 atom stereocenters. The predicted molar refractivity (Wildman–Crippen MR) is 105 cm³/mol. The average Bonchev–Trinajstić information content (AvgIpc) is 2.63. The van der Waals surface area contributed by atoms with Gasteiger partial charge in [0.2, 0.25) is 0 Å². The van der Waals surface area contributed by atoms with Crippen LogP contribution in [0.4, 0.5) is 0 Å². The number of ketones is 1. The van der Waals surface area contributed by atoms with Gasteiger partial charge in [0, 0.05) is 30.1 Å². The molecule has 0 spiro atoms. The number of hydrogen-bond acceptors (Lipinski definition) is 6. The van der Waals surface area contributed by atoms with Gasteiger partial charge < -0.3 is 5.73 Å². The van der Waals surface area contributed by atoms with Crippen molar-refractivity contribution >= 4 is 22.7 Å². The van der Waals surface area contributed by atoms with Crippen LogP contribution in [0.5, 0.6) is 0 Å². The van der Waals surface area contributed by atoms with Crippen LogP contribution in [0.15, 0.2) is 41.7 Å². The fraction of sp³-hybridized carbons (Fsp3) is 0.300. The molecule has 26 heavy (non-hydrogen) atoms. The van der Waals surface area contributed by atoms with Gasteiger partial charge in [-0.05, 0) is 50.1 Å². The summed E-state index contributed by atoms with van der Waals surface area (Å²) in [6, 6.07) is 7.33. The first-order valence-electron chi connectivity index (χ1n) is 8.36. The minimum absolute atomic E-state index is 0.0366. The minimum Gasteiger partial charge on any atom is -0.379 e. The zero-order chi connectivity index (χ0) is 18.6. The van der Waals surface area contributed by atoms with Gasteiger partial charge in [0.25, 0.3) is 0 Å². The van der Waals surface area contributed by atoms with Crippen molar-refractivity contribution in [3.63, 3.8) is 0 Å². The van der Waals surface area contributed by atoms with E-state index in [0.717, 1.165) is 29.0 Å². The van der Waals surface area contributed by atoms with Crippen LogP contribution in [-0.2, 0) is 12.0 Å². The third-order valence-corrected chi connectivity index (χ3v) is 5.05. The molecule has 0 saturated heterocycles. The Kier molecular flexibility index (Phi) is 5.38. The highest BCUT2D eigenvalue weighted by Gasteiger charge is 2.31. The molecular formula is C20H20N4OS. The number of hydrogen-bond donors (Lipinski definition) is 1. The zero-order valence-corrected chi connectivity index (χ0v) is 15.6. The molecule has 3 rings (SSSR count). The molecule has 132 valence electrons. The number of aromatic nitrogens is 2. The number of nitrogens with two attached hydrogens (primary N) is 1. The number of amidine groups is 1. The SMILES string of the molecule is CC#Cc1ccc(C(=O)Cc2ccnc([C@]3(C)CCSC(N)=N3)c2)nc1. The molecule has 0 aliphatic carbocycles. The van der Waals surface area contributed by atoms with Gasteiger partial charge in [-0.2, -0.15) is 0 Å². The van der Waals surface area contributed by atoms with Gasteiger partial charge in [0.05, 0.1) is 5.69 Å². The predicted octanol–water partition coefficient (Wildman–Crippen LogP) is 2.94. The number of aliphatic imine (C=N–C) groups is 1. The van der Waals surface area contributed by atoms with Crippen molar-refractivity contribution in [1.82, 2.24) is 9.97 Å². The first-order chi connectivity index (χ1) is 12.5. The Balaban J connectivity index is 1.79. The number of nitrogens with zero attached hydrogens (tertiary/aromatic N) is 3. The third kappa shape index (κ3) is 4.12. The maximum Gasteiger partial charge on any atom is 0.185 e. The van der Waals surface area contributed by atoms with Gasteiger partial charge in [-0.3, -0.25) is 14.8 Å². The van der Waals surface area contributed by atoms with Gasteiger partial charge in [-0.1, -0.05) is 17.7 Å². The second-order valence-electron chi connectivity index (χ2n) is 6.28. The van der Waals surface area contributed by atoms with E-state index in [1.54, 1.807) is 37.1 Å². The molecule has 0 unspecified atom stereocenters. The number of pyridine rings is 2. The first-order valence-corrected chi connectivity index (χ1v) is 9.34. The van der Waals surface area contributed by atoms with Crippen molar-refractivity contribution in [2.45, 2.75) is 32.2 Å². The summed E-state index contributed by atoms with van der Waals surface area (Å²) in [4.78, 5) is 25.8. The van der Waals surface area contributed by atoms with Gasteiger partial charge >= 0.3 is 0 Å². The molecule has 5 nitrogen and oxygen atoms in total. The monoisotopic (exact) mass is 364 g/mol. The number of thioether (sulfide) groups is 1. The van der Waals surface area contributed by atoms with Crippen LogP contribution in [0.25, 0.3) is 0 Å². The number of carbonyl (C=O) groups excluding carboxylic acids is 1. The Labute approximate surface area is 157 Å². The van der Waals surface area contributed by atoms with Crippen LogP contribution in [-0.4, -0.2) is 26.7 Å². The highest BCUT2D eigenvalue weighted by Crippen LogP contribution is 2.34. The lowest BCUT2D eigenvalue weighted by atomic mass is 9.92. The van der Waals surface area contributed by atoms with Gasteiger partial charge in [-0.15, -0.1) is 5.92 Å². The fourth-order valence-corrected chi connectivity index (χ4v) is 3.78. The molecule has 3 heterocycles. The van der Waals surface area contributed by atoms with Crippen molar-refractivity contribution in [1.29, 1.82) is 0 Å². The lowest BCUT2D eigenvalue weighted by Crippen LogP contribution is -2.29. The summed E-state index contributed by atoms with van der Waals surface area (Å²) in [7, 11) is 0. The number of Topliss-reactive ketones (excluding diaryl/α,β-unsaturated/α-hetero) is 1. The molecule has 0 radical (unpaired) electrons. The summed E-state index contributed by atoms with van der Waals surface area (Å²) >= 11 is 1.56. The van der Waals surface area contributed by atoms with E-state index in [0.29, 0.717) is 10.9 Å². The van der Waals surface area contributed by atoms with E-state index in [9.17, 15) is 4.79 Å². The Hall–Kier alpha value is -2.65. The Morgan fingerprint density at radius 2 is 2.19 bits per heavy atom. The van der Waals surface area contributed by atoms with Crippen LogP contribution < -0.4 is 5.73 Å². The molecule has 1 aliphatic heterocycles. The molecule has 2 N–H and O–H groups in total. The molecular weight excluding hydrogens is 344 g/mol. The van der Waals surface area contributed by atoms with E-state index in [-0.39, 0.29) is 12.2 Å². The Morgan fingerprint density at radius 1 is 1.35 bits per heavy atom. The highest BCUT2D eigenvalue weighted by molar-refractivity contribution is 8.13. The van der Waals surface area contributed by atoms with Crippen LogP contribution in [0.1, 0.15) is 47.6 Å². The van der Waals surface area contributed by atoms with E-state index < -0.39 is 5.54 Å². The van der Waals surface area contributed by atoms with Gasteiger partial charge in [0.1, 0.15) is 11.2 Å². The van der Waals surface area contributed by atoms with Gasteiger partial charge in [0.15, 0.2) is 11.0 Å². The van der Waals surface area contributed by atoms with Crippen molar-refractivity contribution in [2.75, 3.05) is 5.75 Å².